The lowest BCUT2D eigenvalue weighted by Crippen LogP contribution is -2.59. The maximum atomic E-state index is 12.3. The summed E-state index contributed by atoms with van der Waals surface area (Å²) >= 11 is 0. The van der Waals surface area contributed by atoms with Crippen molar-refractivity contribution in [3.8, 4) is 0 Å². The van der Waals surface area contributed by atoms with Gasteiger partial charge in [0.1, 0.15) is 6.61 Å². The van der Waals surface area contributed by atoms with Crippen LogP contribution in [0.25, 0.3) is 0 Å². The summed E-state index contributed by atoms with van der Waals surface area (Å²) in [5.41, 5.74) is 1.50. The Morgan fingerprint density at radius 1 is 1.32 bits per heavy atom. The van der Waals surface area contributed by atoms with E-state index in [2.05, 4.69) is 4.98 Å². The zero-order valence-electron chi connectivity index (χ0n) is 15.2. The molecule has 0 aliphatic carbocycles. The molecule has 2 aliphatic heterocycles. The summed E-state index contributed by atoms with van der Waals surface area (Å²) in [6.45, 7) is 4.43. The standard InChI is InChI=1S/C18H26N4O3/c1-14-5-4-6-15(19-14)11-22-13-18(25-12-16(22)23)7-9-21(10-8-18)17(24)20(2)3/h4-6H,7-13H2,1-3H3. The third-order valence-corrected chi connectivity index (χ3v) is 4.96. The maximum absolute atomic E-state index is 12.3. The Labute approximate surface area is 148 Å². The second-order valence-corrected chi connectivity index (χ2v) is 7.16. The molecule has 0 radical (unpaired) electrons. The topological polar surface area (TPSA) is 66.0 Å². The molecule has 25 heavy (non-hydrogen) atoms. The van der Waals surface area contributed by atoms with Crippen LogP contribution >= 0.6 is 0 Å². The number of hydrogen-bond acceptors (Lipinski definition) is 4. The van der Waals surface area contributed by atoms with Gasteiger partial charge < -0.3 is 19.4 Å². The number of ether oxygens (including phenoxy) is 1. The first-order valence-electron chi connectivity index (χ1n) is 8.69. The molecule has 7 heteroatoms. The Morgan fingerprint density at radius 3 is 2.68 bits per heavy atom. The first kappa shape index (κ1) is 17.7. The van der Waals surface area contributed by atoms with E-state index in [0.717, 1.165) is 24.2 Å². The van der Waals surface area contributed by atoms with Gasteiger partial charge in [-0.05, 0) is 31.9 Å². The molecule has 136 valence electrons. The van der Waals surface area contributed by atoms with Crippen LogP contribution in [0.5, 0.6) is 0 Å². The Hall–Kier alpha value is -2.15. The van der Waals surface area contributed by atoms with E-state index in [1.807, 2.05) is 34.9 Å². The minimum atomic E-state index is -0.346. The number of pyridine rings is 1. The van der Waals surface area contributed by atoms with Gasteiger partial charge in [0.05, 0.1) is 24.4 Å². The molecule has 2 fully saturated rings. The number of urea groups is 1. The number of aryl methyl sites for hydroxylation is 1. The molecule has 1 aromatic heterocycles. The molecule has 1 aromatic rings. The van der Waals surface area contributed by atoms with Gasteiger partial charge in [-0.3, -0.25) is 9.78 Å². The molecule has 0 bridgehead atoms. The summed E-state index contributed by atoms with van der Waals surface area (Å²) in [5.74, 6) is 0.000675. The average Bonchev–Trinajstić information content (AvgIpc) is 2.58. The van der Waals surface area contributed by atoms with E-state index >= 15 is 0 Å². The van der Waals surface area contributed by atoms with E-state index < -0.39 is 0 Å². The lowest BCUT2D eigenvalue weighted by Gasteiger charge is -2.47. The molecule has 1 spiro atoms. The summed E-state index contributed by atoms with van der Waals surface area (Å²) in [5, 5.41) is 0. The maximum Gasteiger partial charge on any atom is 0.319 e. The van der Waals surface area contributed by atoms with Crippen LogP contribution in [-0.4, -0.2) is 77.6 Å². The number of carbonyl (C=O) groups is 2. The third kappa shape index (κ3) is 3.92. The highest BCUT2D eigenvalue weighted by molar-refractivity contribution is 5.78. The van der Waals surface area contributed by atoms with E-state index in [9.17, 15) is 9.59 Å². The second-order valence-electron chi connectivity index (χ2n) is 7.16. The number of likely N-dealkylation sites (tertiary alicyclic amines) is 1. The van der Waals surface area contributed by atoms with Gasteiger partial charge in [-0.15, -0.1) is 0 Å². The molecule has 3 heterocycles. The van der Waals surface area contributed by atoms with Crippen molar-refractivity contribution in [2.45, 2.75) is 31.9 Å². The first-order chi connectivity index (χ1) is 11.9. The van der Waals surface area contributed by atoms with E-state index in [1.54, 1.807) is 19.0 Å². The lowest BCUT2D eigenvalue weighted by molar-refractivity contribution is -0.171. The number of piperidine rings is 1. The number of morpholine rings is 1. The van der Waals surface area contributed by atoms with Gasteiger partial charge in [0, 0.05) is 32.9 Å². The molecule has 2 saturated heterocycles. The second kappa shape index (κ2) is 7.00. The van der Waals surface area contributed by atoms with Crippen LogP contribution in [0.4, 0.5) is 4.79 Å². The number of amides is 3. The monoisotopic (exact) mass is 346 g/mol. The van der Waals surface area contributed by atoms with E-state index in [4.69, 9.17) is 4.74 Å². The van der Waals surface area contributed by atoms with Gasteiger partial charge in [0.25, 0.3) is 0 Å². The van der Waals surface area contributed by atoms with Crippen LogP contribution in [0.1, 0.15) is 24.2 Å². The quantitative estimate of drug-likeness (QED) is 0.809. The van der Waals surface area contributed by atoms with Crippen molar-refractivity contribution in [3.05, 3.63) is 29.6 Å². The Bertz CT molecular complexity index is 653. The van der Waals surface area contributed by atoms with Crippen LogP contribution in [0, 0.1) is 6.92 Å². The van der Waals surface area contributed by atoms with Crippen LogP contribution in [0.3, 0.4) is 0 Å². The molecule has 3 amide bonds. The fraction of sp³-hybridized carbons (Fsp3) is 0.611. The van der Waals surface area contributed by atoms with E-state index in [-0.39, 0.29) is 24.1 Å². The number of hydrogen-bond donors (Lipinski definition) is 0. The van der Waals surface area contributed by atoms with Crippen molar-refractivity contribution in [2.24, 2.45) is 0 Å². The highest BCUT2D eigenvalue weighted by Gasteiger charge is 2.43. The van der Waals surface area contributed by atoms with Gasteiger partial charge in [-0.1, -0.05) is 6.07 Å². The van der Waals surface area contributed by atoms with E-state index in [0.29, 0.717) is 26.2 Å². The third-order valence-electron chi connectivity index (χ3n) is 4.96. The Balaban J connectivity index is 1.64. The zero-order valence-corrected chi connectivity index (χ0v) is 15.2. The molecule has 2 aliphatic rings. The summed E-state index contributed by atoms with van der Waals surface area (Å²) in [6.07, 6.45) is 1.50. The average molecular weight is 346 g/mol. The minimum absolute atomic E-state index is 0.000675. The van der Waals surface area contributed by atoms with Crippen molar-refractivity contribution in [3.63, 3.8) is 0 Å². The largest absolute Gasteiger partial charge is 0.363 e. The molecular weight excluding hydrogens is 320 g/mol. The summed E-state index contributed by atoms with van der Waals surface area (Å²) in [6, 6.07) is 5.89. The molecule has 0 N–H and O–H groups in total. The van der Waals surface area contributed by atoms with Crippen LogP contribution in [-0.2, 0) is 16.1 Å². The summed E-state index contributed by atoms with van der Waals surface area (Å²) in [7, 11) is 3.53. The molecule has 7 nitrogen and oxygen atoms in total. The smallest absolute Gasteiger partial charge is 0.319 e. The van der Waals surface area contributed by atoms with Crippen LogP contribution in [0.2, 0.25) is 0 Å². The predicted octanol–water partition coefficient (Wildman–Crippen LogP) is 1.27. The van der Waals surface area contributed by atoms with Gasteiger partial charge in [-0.25, -0.2) is 4.79 Å². The molecular formula is C18H26N4O3. The van der Waals surface area contributed by atoms with Gasteiger partial charge in [0.2, 0.25) is 5.91 Å². The fourth-order valence-electron chi connectivity index (χ4n) is 3.51. The van der Waals surface area contributed by atoms with E-state index in [1.165, 1.54) is 0 Å². The Kier molecular flexibility index (Phi) is 4.94. The normalized spacial score (nSPS) is 20.0. The summed E-state index contributed by atoms with van der Waals surface area (Å²) in [4.78, 5) is 34.1. The number of rotatable bonds is 2. The van der Waals surface area contributed by atoms with Crippen molar-refractivity contribution in [1.82, 2.24) is 19.7 Å². The van der Waals surface area contributed by atoms with Crippen molar-refractivity contribution < 1.29 is 14.3 Å². The van der Waals surface area contributed by atoms with Gasteiger partial charge >= 0.3 is 6.03 Å². The highest BCUT2D eigenvalue weighted by Crippen LogP contribution is 2.31. The highest BCUT2D eigenvalue weighted by atomic mass is 16.5. The molecule has 0 aromatic carbocycles. The van der Waals surface area contributed by atoms with Crippen molar-refractivity contribution in [1.29, 1.82) is 0 Å². The molecule has 3 rings (SSSR count). The number of aromatic nitrogens is 1. The molecule has 0 unspecified atom stereocenters. The van der Waals surface area contributed by atoms with Crippen molar-refractivity contribution >= 4 is 11.9 Å². The van der Waals surface area contributed by atoms with Gasteiger partial charge in [0.15, 0.2) is 0 Å². The molecule has 0 saturated carbocycles. The molecule has 0 atom stereocenters. The van der Waals surface area contributed by atoms with Crippen molar-refractivity contribution in [2.75, 3.05) is 40.3 Å². The number of carbonyl (C=O) groups excluding carboxylic acids is 2. The SMILES string of the molecule is Cc1cccc(CN2CC3(CCN(C(=O)N(C)C)CC3)OCC2=O)n1. The Morgan fingerprint density at radius 2 is 2.04 bits per heavy atom. The van der Waals surface area contributed by atoms with Crippen LogP contribution < -0.4 is 0 Å². The minimum Gasteiger partial charge on any atom is -0.363 e. The number of nitrogens with zero attached hydrogens (tertiary/aromatic N) is 4. The summed E-state index contributed by atoms with van der Waals surface area (Å²) < 4.78 is 5.94. The lowest BCUT2D eigenvalue weighted by atomic mass is 9.89. The van der Waals surface area contributed by atoms with Crippen LogP contribution in [0.15, 0.2) is 18.2 Å². The predicted molar refractivity (Wildman–Crippen MR) is 93.0 cm³/mol. The van der Waals surface area contributed by atoms with Gasteiger partial charge in [-0.2, -0.15) is 0 Å². The zero-order chi connectivity index (χ0) is 18.0. The first-order valence-corrected chi connectivity index (χ1v) is 8.69. The fourth-order valence-corrected chi connectivity index (χ4v) is 3.51.